The lowest BCUT2D eigenvalue weighted by Gasteiger charge is -2.31. The molecule has 2 amide bonds. The van der Waals surface area contributed by atoms with Crippen LogP contribution in [0.25, 0.3) is 0 Å². The summed E-state index contributed by atoms with van der Waals surface area (Å²) >= 11 is 15.9. The van der Waals surface area contributed by atoms with Crippen molar-refractivity contribution >= 4 is 66.7 Å². The molecule has 0 fully saturated rings. The maximum atomic E-state index is 13.4. The fraction of sp³-hybridized carbons (Fsp3) is 0.333. The maximum Gasteiger partial charge on any atom is 0.244 e. The molecule has 0 aliphatic carbocycles. The van der Waals surface area contributed by atoms with Gasteiger partial charge in [0.25, 0.3) is 0 Å². The molecule has 0 radical (unpaired) electrons. The summed E-state index contributed by atoms with van der Waals surface area (Å²) in [6.07, 6.45) is 1.02. The molecule has 2 aromatic rings. The number of carbonyl (C=O) groups excluding carboxylic acids is 2. The third-order valence-electron chi connectivity index (χ3n) is 4.91. The number of sulfonamides is 1. The second-order valence-electron chi connectivity index (χ2n) is 7.22. The number of nitrogens with one attached hydrogen (secondary N) is 1. The highest BCUT2D eigenvalue weighted by Crippen LogP contribution is 2.28. The molecule has 0 aromatic heterocycles. The third kappa shape index (κ3) is 6.37. The van der Waals surface area contributed by atoms with E-state index in [-0.39, 0.29) is 6.54 Å². The summed E-state index contributed by atoms with van der Waals surface area (Å²) in [5.74, 6) is -0.991. The van der Waals surface area contributed by atoms with Gasteiger partial charge in [-0.15, -0.1) is 0 Å². The second kappa shape index (κ2) is 10.9. The maximum absolute atomic E-state index is 13.4. The summed E-state index contributed by atoms with van der Waals surface area (Å²) in [6.45, 7) is 2.80. The molecule has 2 aromatic carbocycles. The third-order valence-corrected chi connectivity index (χ3v) is 7.65. The molecule has 0 unspecified atom stereocenters. The number of rotatable bonds is 8. The molecular formula is C21H24BrCl2N3O4S. The summed E-state index contributed by atoms with van der Waals surface area (Å²) in [5, 5.41) is 3.18. The Labute approximate surface area is 206 Å². The molecule has 0 aliphatic rings. The van der Waals surface area contributed by atoms with Crippen LogP contribution >= 0.6 is 39.1 Å². The van der Waals surface area contributed by atoms with Crippen LogP contribution in [0.2, 0.25) is 10.0 Å². The quantitative estimate of drug-likeness (QED) is 0.525. The lowest BCUT2D eigenvalue weighted by molar-refractivity contribution is -0.139. The Morgan fingerprint density at radius 3 is 2.25 bits per heavy atom. The first-order valence-electron chi connectivity index (χ1n) is 9.54. The van der Waals surface area contributed by atoms with Crippen molar-refractivity contribution in [2.24, 2.45) is 0 Å². The van der Waals surface area contributed by atoms with Crippen molar-refractivity contribution in [3.05, 3.63) is 62.0 Å². The van der Waals surface area contributed by atoms with Gasteiger partial charge in [0.15, 0.2) is 0 Å². The van der Waals surface area contributed by atoms with E-state index in [2.05, 4.69) is 21.2 Å². The lowest BCUT2D eigenvalue weighted by atomic mass is 10.1. The number of hydrogen-bond acceptors (Lipinski definition) is 4. The topological polar surface area (TPSA) is 86.8 Å². The zero-order valence-corrected chi connectivity index (χ0v) is 21.9. The van der Waals surface area contributed by atoms with Crippen LogP contribution in [0.4, 0.5) is 5.69 Å². The van der Waals surface area contributed by atoms with E-state index in [4.69, 9.17) is 23.2 Å². The van der Waals surface area contributed by atoms with Crippen LogP contribution in [0.15, 0.2) is 40.9 Å². The Hall–Kier alpha value is -1.81. The minimum atomic E-state index is -3.80. The molecule has 1 N–H and O–H groups in total. The molecule has 0 saturated carbocycles. The molecule has 0 saturated heterocycles. The largest absolute Gasteiger partial charge is 0.357 e. The summed E-state index contributed by atoms with van der Waals surface area (Å²) in [5.41, 5.74) is 1.61. The fourth-order valence-electron chi connectivity index (χ4n) is 3.04. The predicted octanol–water partition coefficient (Wildman–Crippen LogP) is 3.99. The van der Waals surface area contributed by atoms with E-state index in [9.17, 15) is 18.0 Å². The van der Waals surface area contributed by atoms with Crippen LogP contribution in [0.1, 0.15) is 18.1 Å². The predicted molar refractivity (Wildman–Crippen MR) is 132 cm³/mol. The molecule has 0 aliphatic heterocycles. The monoisotopic (exact) mass is 563 g/mol. The van der Waals surface area contributed by atoms with Crippen LogP contribution in [-0.2, 0) is 26.2 Å². The van der Waals surface area contributed by atoms with Gasteiger partial charge in [-0.2, -0.15) is 0 Å². The highest BCUT2D eigenvalue weighted by atomic mass is 79.9. The SMILES string of the molecule is CNC(=O)[C@H](C)N(Cc1c(Cl)cccc1Cl)C(=O)CN(c1ccc(Br)c(C)c1)S(C)(=O)=O. The van der Waals surface area contributed by atoms with Gasteiger partial charge in [-0.3, -0.25) is 13.9 Å². The van der Waals surface area contributed by atoms with Crippen LogP contribution in [0, 0.1) is 6.92 Å². The number of halogens is 3. The van der Waals surface area contributed by atoms with Crippen molar-refractivity contribution in [3.63, 3.8) is 0 Å². The highest BCUT2D eigenvalue weighted by molar-refractivity contribution is 9.10. The summed E-state index contributed by atoms with van der Waals surface area (Å²) in [7, 11) is -2.34. The number of benzene rings is 2. The van der Waals surface area contributed by atoms with Gasteiger partial charge >= 0.3 is 0 Å². The molecule has 1 atom stereocenters. The smallest absolute Gasteiger partial charge is 0.244 e. The van der Waals surface area contributed by atoms with Crippen molar-refractivity contribution in [1.29, 1.82) is 0 Å². The summed E-state index contributed by atoms with van der Waals surface area (Å²) in [4.78, 5) is 27.0. The highest BCUT2D eigenvalue weighted by Gasteiger charge is 2.30. The van der Waals surface area contributed by atoms with Gasteiger partial charge in [0, 0.05) is 33.7 Å². The first kappa shape index (κ1) is 26.4. The minimum absolute atomic E-state index is 0.0666. The van der Waals surface area contributed by atoms with Crippen molar-refractivity contribution in [1.82, 2.24) is 10.2 Å². The molecule has 0 bridgehead atoms. The van der Waals surface area contributed by atoms with Gasteiger partial charge in [0.2, 0.25) is 21.8 Å². The number of aryl methyl sites for hydroxylation is 1. The molecule has 2 rings (SSSR count). The number of likely N-dealkylation sites (N-methyl/N-ethyl adjacent to an activating group) is 1. The van der Waals surface area contributed by atoms with E-state index in [1.165, 1.54) is 11.9 Å². The number of nitrogens with zero attached hydrogens (tertiary/aromatic N) is 2. The van der Waals surface area contributed by atoms with Gasteiger partial charge in [-0.25, -0.2) is 8.42 Å². The van der Waals surface area contributed by atoms with Gasteiger partial charge < -0.3 is 10.2 Å². The van der Waals surface area contributed by atoms with Gasteiger partial charge in [-0.1, -0.05) is 45.2 Å². The van der Waals surface area contributed by atoms with E-state index < -0.39 is 34.4 Å². The van der Waals surface area contributed by atoms with E-state index in [1.807, 2.05) is 6.92 Å². The molecular weight excluding hydrogens is 541 g/mol. The number of hydrogen-bond donors (Lipinski definition) is 1. The molecule has 32 heavy (non-hydrogen) atoms. The lowest BCUT2D eigenvalue weighted by Crippen LogP contribution is -2.50. The molecule has 11 heteroatoms. The minimum Gasteiger partial charge on any atom is -0.357 e. The van der Waals surface area contributed by atoms with E-state index in [1.54, 1.807) is 43.3 Å². The molecule has 174 valence electrons. The van der Waals surface area contributed by atoms with E-state index >= 15 is 0 Å². The van der Waals surface area contributed by atoms with Crippen molar-refractivity contribution in [3.8, 4) is 0 Å². The van der Waals surface area contributed by atoms with Crippen LogP contribution in [0.5, 0.6) is 0 Å². The van der Waals surface area contributed by atoms with Crippen molar-refractivity contribution in [2.45, 2.75) is 26.4 Å². The number of carbonyl (C=O) groups is 2. The van der Waals surface area contributed by atoms with Crippen molar-refractivity contribution in [2.75, 3.05) is 24.2 Å². The summed E-state index contributed by atoms with van der Waals surface area (Å²) < 4.78 is 26.9. The zero-order valence-electron chi connectivity index (χ0n) is 18.0. The van der Waals surface area contributed by atoms with Gasteiger partial charge in [0.1, 0.15) is 12.6 Å². The fourth-order valence-corrected chi connectivity index (χ4v) is 4.65. The van der Waals surface area contributed by atoms with E-state index in [0.29, 0.717) is 21.3 Å². The number of anilines is 1. The Morgan fingerprint density at radius 2 is 1.75 bits per heavy atom. The molecule has 0 spiro atoms. The molecule has 0 heterocycles. The second-order valence-corrected chi connectivity index (χ2v) is 10.8. The van der Waals surface area contributed by atoms with Gasteiger partial charge in [0.05, 0.1) is 11.9 Å². The normalized spacial score (nSPS) is 12.2. The number of amides is 2. The average Bonchev–Trinajstić information content (AvgIpc) is 2.72. The molecule has 7 nitrogen and oxygen atoms in total. The van der Waals surface area contributed by atoms with Gasteiger partial charge in [-0.05, 0) is 49.7 Å². The first-order chi connectivity index (χ1) is 14.9. The van der Waals surface area contributed by atoms with Crippen molar-refractivity contribution < 1.29 is 18.0 Å². The van der Waals surface area contributed by atoms with Crippen LogP contribution < -0.4 is 9.62 Å². The summed E-state index contributed by atoms with van der Waals surface area (Å²) in [6, 6.07) is 9.00. The standard InChI is InChI=1S/C21H24BrCl2N3O4S/c1-13-10-15(8-9-17(13)22)27(32(4,30)31)12-20(28)26(14(2)21(29)25-3)11-16-18(23)6-5-7-19(16)24/h5-10,14H,11-12H2,1-4H3,(H,25,29)/t14-/m0/s1. The first-order valence-corrected chi connectivity index (χ1v) is 12.9. The Bertz CT molecular complexity index is 1110. The Balaban J connectivity index is 2.46. The van der Waals surface area contributed by atoms with Crippen LogP contribution in [-0.4, -0.2) is 51.0 Å². The van der Waals surface area contributed by atoms with E-state index in [0.717, 1.165) is 20.6 Å². The Morgan fingerprint density at radius 1 is 1.16 bits per heavy atom. The zero-order chi connectivity index (χ0) is 24.2. The van der Waals surface area contributed by atoms with Crippen LogP contribution in [0.3, 0.4) is 0 Å². The Kier molecular flexibility index (Phi) is 8.98. The average molecular weight is 565 g/mol.